The molecule has 0 saturated heterocycles. The molecular formula is C16H25NO2. The zero-order valence-corrected chi connectivity index (χ0v) is 12.0. The van der Waals surface area contributed by atoms with E-state index in [-0.39, 0.29) is 0 Å². The Morgan fingerprint density at radius 3 is 2.63 bits per heavy atom. The molecule has 0 amide bonds. The van der Waals surface area contributed by atoms with Crippen LogP contribution in [0.4, 0.5) is 0 Å². The molecule has 2 rings (SSSR count). The van der Waals surface area contributed by atoms with Crippen LogP contribution in [0.25, 0.3) is 0 Å². The third kappa shape index (κ3) is 3.48. The number of benzene rings is 1. The maximum atomic E-state index is 10.4. The third-order valence-corrected chi connectivity index (χ3v) is 4.08. The van der Waals surface area contributed by atoms with Crippen molar-refractivity contribution < 1.29 is 9.84 Å². The lowest BCUT2D eigenvalue weighted by Gasteiger charge is -2.24. The fraction of sp³-hybridized carbons (Fsp3) is 0.625. The van der Waals surface area contributed by atoms with Crippen LogP contribution in [0, 0.1) is 0 Å². The highest BCUT2D eigenvalue weighted by Gasteiger charge is 2.32. The smallest absolute Gasteiger partial charge is 0.124 e. The molecule has 1 aromatic rings. The molecule has 1 aromatic carbocycles. The minimum atomic E-state index is -0.617. The maximum Gasteiger partial charge on any atom is 0.124 e. The lowest BCUT2D eigenvalue weighted by molar-refractivity contribution is 0.000991. The van der Waals surface area contributed by atoms with Crippen LogP contribution in [0.15, 0.2) is 24.3 Å². The van der Waals surface area contributed by atoms with Gasteiger partial charge in [0.05, 0.1) is 5.60 Å². The molecule has 0 aliphatic heterocycles. The van der Waals surface area contributed by atoms with Crippen molar-refractivity contribution >= 4 is 0 Å². The van der Waals surface area contributed by atoms with E-state index in [1.165, 1.54) is 5.56 Å². The molecule has 0 spiro atoms. The molecule has 19 heavy (non-hydrogen) atoms. The quantitative estimate of drug-likeness (QED) is 0.829. The molecule has 2 N–H and O–H groups in total. The first-order valence-electron chi connectivity index (χ1n) is 7.30. The largest absolute Gasteiger partial charge is 0.490 e. The maximum absolute atomic E-state index is 10.4. The van der Waals surface area contributed by atoms with Gasteiger partial charge in [0, 0.05) is 11.6 Å². The van der Waals surface area contributed by atoms with E-state index in [4.69, 9.17) is 4.74 Å². The first kappa shape index (κ1) is 14.4. The van der Waals surface area contributed by atoms with Crippen LogP contribution in [0.5, 0.6) is 5.75 Å². The summed E-state index contributed by atoms with van der Waals surface area (Å²) in [5.41, 5.74) is 0.558. The number of rotatable bonds is 6. The summed E-state index contributed by atoms with van der Waals surface area (Å²) in [7, 11) is 1.97. The SMILES string of the molecule is CCC(NC)c1ccccc1OCC1(O)CCCC1. The van der Waals surface area contributed by atoms with Crippen LogP contribution in [0.2, 0.25) is 0 Å². The van der Waals surface area contributed by atoms with Crippen LogP contribution in [0.1, 0.15) is 50.6 Å². The average molecular weight is 263 g/mol. The van der Waals surface area contributed by atoms with Gasteiger partial charge in [-0.2, -0.15) is 0 Å². The summed E-state index contributed by atoms with van der Waals surface area (Å²) in [4.78, 5) is 0. The van der Waals surface area contributed by atoms with Gasteiger partial charge in [-0.3, -0.25) is 0 Å². The number of hydrogen-bond acceptors (Lipinski definition) is 3. The molecular weight excluding hydrogens is 238 g/mol. The van der Waals surface area contributed by atoms with Crippen molar-refractivity contribution in [3.8, 4) is 5.75 Å². The van der Waals surface area contributed by atoms with Gasteiger partial charge in [-0.05, 0) is 32.4 Å². The molecule has 3 heteroatoms. The summed E-state index contributed by atoms with van der Waals surface area (Å²) >= 11 is 0. The Hall–Kier alpha value is -1.06. The zero-order chi connectivity index (χ0) is 13.7. The first-order chi connectivity index (χ1) is 9.18. The van der Waals surface area contributed by atoms with Gasteiger partial charge in [-0.25, -0.2) is 0 Å². The predicted octanol–water partition coefficient (Wildman–Crippen LogP) is 3.04. The van der Waals surface area contributed by atoms with Gasteiger partial charge in [0.25, 0.3) is 0 Å². The van der Waals surface area contributed by atoms with E-state index >= 15 is 0 Å². The lowest BCUT2D eigenvalue weighted by Crippen LogP contribution is -2.32. The van der Waals surface area contributed by atoms with E-state index in [9.17, 15) is 5.11 Å². The molecule has 0 aromatic heterocycles. The molecule has 1 fully saturated rings. The fourth-order valence-corrected chi connectivity index (χ4v) is 2.87. The standard InChI is InChI=1S/C16H25NO2/c1-3-14(17-2)13-8-4-5-9-15(13)19-12-16(18)10-6-7-11-16/h4-5,8-9,14,17-18H,3,6-7,10-12H2,1-2H3. The van der Waals surface area contributed by atoms with Crippen molar-refractivity contribution in [3.63, 3.8) is 0 Å². The van der Waals surface area contributed by atoms with E-state index in [1.54, 1.807) is 0 Å². The second-order valence-corrected chi connectivity index (χ2v) is 5.51. The molecule has 1 atom stereocenters. The fourth-order valence-electron chi connectivity index (χ4n) is 2.87. The van der Waals surface area contributed by atoms with E-state index < -0.39 is 5.60 Å². The average Bonchev–Trinajstić information content (AvgIpc) is 2.86. The number of nitrogens with one attached hydrogen (secondary N) is 1. The summed E-state index contributed by atoms with van der Waals surface area (Å²) < 4.78 is 5.92. The van der Waals surface area contributed by atoms with Crippen molar-refractivity contribution in [2.24, 2.45) is 0 Å². The number of ether oxygens (including phenoxy) is 1. The highest BCUT2D eigenvalue weighted by molar-refractivity contribution is 5.36. The summed E-state index contributed by atoms with van der Waals surface area (Å²) in [6.07, 6.45) is 4.95. The van der Waals surface area contributed by atoms with Gasteiger partial charge in [0.1, 0.15) is 12.4 Å². The summed E-state index contributed by atoms with van der Waals surface area (Å²) in [6, 6.07) is 8.41. The van der Waals surface area contributed by atoms with Crippen LogP contribution in [0.3, 0.4) is 0 Å². The monoisotopic (exact) mass is 263 g/mol. The van der Waals surface area contributed by atoms with Crippen molar-refractivity contribution in [3.05, 3.63) is 29.8 Å². The van der Waals surface area contributed by atoms with E-state index in [0.717, 1.165) is 37.9 Å². The Balaban J connectivity index is 2.07. The summed E-state index contributed by atoms with van der Waals surface area (Å²) in [5, 5.41) is 13.7. The van der Waals surface area contributed by atoms with Crippen molar-refractivity contribution in [2.45, 2.75) is 50.7 Å². The topological polar surface area (TPSA) is 41.5 Å². The Bertz CT molecular complexity index is 395. The molecule has 0 heterocycles. The van der Waals surface area contributed by atoms with Gasteiger partial charge in [-0.1, -0.05) is 38.0 Å². The van der Waals surface area contributed by atoms with Crippen LogP contribution >= 0.6 is 0 Å². The normalized spacial score (nSPS) is 19.3. The summed E-state index contributed by atoms with van der Waals surface area (Å²) in [6.45, 7) is 2.56. The van der Waals surface area contributed by atoms with Crippen molar-refractivity contribution in [1.29, 1.82) is 0 Å². The van der Waals surface area contributed by atoms with E-state index in [2.05, 4.69) is 18.3 Å². The third-order valence-electron chi connectivity index (χ3n) is 4.08. The minimum Gasteiger partial charge on any atom is -0.490 e. The minimum absolute atomic E-state index is 0.300. The van der Waals surface area contributed by atoms with Crippen LogP contribution < -0.4 is 10.1 Å². The number of aliphatic hydroxyl groups is 1. The Morgan fingerprint density at radius 1 is 1.32 bits per heavy atom. The second kappa shape index (κ2) is 6.40. The Labute approximate surface area is 116 Å². The van der Waals surface area contributed by atoms with Gasteiger partial charge in [0.2, 0.25) is 0 Å². The predicted molar refractivity (Wildman–Crippen MR) is 77.4 cm³/mol. The van der Waals surface area contributed by atoms with Gasteiger partial charge in [0.15, 0.2) is 0 Å². The Morgan fingerprint density at radius 2 is 2.00 bits per heavy atom. The Kier molecular flexibility index (Phi) is 4.83. The van der Waals surface area contributed by atoms with Crippen LogP contribution in [-0.2, 0) is 0 Å². The number of hydrogen-bond donors (Lipinski definition) is 2. The lowest BCUT2D eigenvalue weighted by atomic mass is 10.0. The van der Waals surface area contributed by atoms with Crippen molar-refractivity contribution in [1.82, 2.24) is 5.32 Å². The van der Waals surface area contributed by atoms with Gasteiger partial charge >= 0.3 is 0 Å². The van der Waals surface area contributed by atoms with E-state index in [0.29, 0.717) is 12.6 Å². The zero-order valence-electron chi connectivity index (χ0n) is 12.0. The van der Waals surface area contributed by atoms with Crippen LogP contribution in [-0.4, -0.2) is 24.4 Å². The highest BCUT2D eigenvalue weighted by atomic mass is 16.5. The second-order valence-electron chi connectivity index (χ2n) is 5.51. The summed E-state index contributed by atoms with van der Waals surface area (Å²) in [5.74, 6) is 0.893. The highest BCUT2D eigenvalue weighted by Crippen LogP contribution is 2.32. The first-order valence-corrected chi connectivity index (χ1v) is 7.30. The molecule has 3 nitrogen and oxygen atoms in total. The molecule has 0 bridgehead atoms. The molecule has 1 aliphatic carbocycles. The molecule has 1 aliphatic rings. The molecule has 106 valence electrons. The molecule has 1 unspecified atom stereocenters. The van der Waals surface area contributed by atoms with Gasteiger partial charge in [-0.15, -0.1) is 0 Å². The molecule has 1 saturated carbocycles. The molecule has 0 radical (unpaired) electrons. The van der Waals surface area contributed by atoms with Crippen molar-refractivity contribution in [2.75, 3.05) is 13.7 Å². The number of para-hydroxylation sites is 1. The van der Waals surface area contributed by atoms with Gasteiger partial charge < -0.3 is 15.2 Å². The van der Waals surface area contributed by atoms with E-state index in [1.807, 2.05) is 25.2 Å².